The molecule has 0 aliphatic heterocycles. The summed E-state index contributed by atoms with van der Waals surface area (Å²) in [4.78, 5) is 4.86. The second-order valence-corrected chi connectivity index (χ2v) is 22.5. The van der Waals surface area contributed by atoms with Crippen molar-refractivity contribution < 1.29 is 8.83 Å². The van der Waals surface area contributed by atoms with E-state index in [9.17, 15) is 0 Å². The van der Waals surface area contributed by atoms with Crippen molar-refractivity contribution >= 4 is 99.5 Å². The zero-order valence-corrected chi connectivity index (χ0v) is 47.6. The minimum Gasteiger partial charge on any atom is -0.456 e. The van der Waals surface area contributed by atoms with E-state index in [2.05, 4.69) is 303 Å². The van der Waals surface area contributed by atoms with Gasteiger partial charge in [0.2, 0.25) is 0 Å². The highest BCUT2D eigenvalue weighted by Gasteiger charge is 2.24. The lowest BCUT2D eigenvalue weighted by atomic mass is 9.95. The summed E-state index contributed by atoms with van der Waals surface area (Å²) in [6.07, 6.45) is 0. The van der Waals surface area contributed by atoms with E-state index in [1.54, 1.807) is 0 Å². The summed E-state index contributed by atoms with van der Waals surface area (Å²) in [7, 11) is 0. The third-order valence-electron chi connectivity index (χ3n) is 17.3. The fourth-order valence-electron chi connectivity index (χ4n) is 13.1. The molecule has 0 saturated carbocycles. The van der Waals surface area contributed by atoms with Crippen LogP contribution >= 0.6 is 0 Å². The maximum Gasteiger partial charge on any atom is 0.135 e. The first-order chi connectivity index (χ1) is 42.5. The minimum absolute atomic E-state index is 0.879. The van der Waals surface area contributed by atoms with E-state index in [4.69, 9.17) is 8.83 Å². The van der Waals surface area contributed by atoms with Crippen LogP contribution in [0.2, 0.25) is 0 Å². The van der Waals surface area contributed by atoms with E-state index in [-0.39, 0.29) is 0 Å². The van der Waals surface area contributed by atoms with Crippen LogP contribution in [-0.2, 0) is 0 Å². The van der Waals surface area contributed by atoms with Crippen molar-refractivity contribution in [2.75, 3.05) is 9.80 Å². The molecule has 0 amide bonds. The Labute approximate surface area is 499 Å². The van der Waals surface area contributed by atoms with E-state index in [0.717, 1.165) is 123 Å². The Kier molecular flexibility index (Phi) is 12.3. The summed E-state index contributed by atoms with van der Waals surface area (Å²) in [6, 6.07) is 110. The van der Waals surface area contributed by atoms with Crippen LogP contribution in [0.3, 0.4) is 0 Å². The summed E-state index contributed by atoms with van der Waals surface area (Å²) in [5.41, 5.74) is 23.9. The zero-order valence-electron chi connectivity index (χ0n) is 47.6. The number of aryl methyl sites for hydroxylation is 2. The minimum atomic E-state index is 0.879. The van der Waals surface area contributed by atoms with Crippen LogP contribution < -0.4 is 9.80 Å². The van der Waals surface area contributed by atoms with Gasteiger partial charge in [-0.05, 0) is 188 Å². The number of fused-ring (bicyclic) bond motifs is 8. The van der Waals surface area contributed by atoms with E-state index >= 15 is 0 Å². The first kappa shape index (κ1) is 50.5. The molecule has 0 atom stereocenters. The maximum absolute atomic E-state index is 6.32. The predicted octanol–water partition coefficient (Wildman–Crippen LogP) is 23.7. The molecule has 0 unspecified atom stereocenters. The molecule has 4 nitrogen and oxygen atoms in total. The van der Waals surface area contributed by atoms with Gasteiger partial charge in [-0.1, -0.05) is 206 Å². The van der Waals surface area contributed by atoms with Crippen LogP contribution in [0.4, 0.5) is 34.1 Å². The van der Waals surface area contributed by atoms with Crippen molar-refractivity contribution in [3.8, 4) is 55.6 Å². The highest BCUT2D eigenvalue weighted by molar-refractivity contribution is 6.09. The van der Waals surface area contributed by atoms with E-state index in [1.807, 2.05) is 24.3 Å². The van der Waals surface area contributed by atoms with Crippen molar-refractivity contribution in [2.45, 2.75) is 13.8 Å². The molecule has 0 aliphatic rings. The van der Waals surface area contributed by atoms with Gasteiger partial charge in [0, 0.05) is 55.4 Å². The number of hydrogen-bond donors (Lipinski definition) is 0. The van der Waals surface area contributed by atoms with E-state index in [1.165, 1.54) is 43.8 Å². The van der Waals surface area contributed by atoms with Gasteiger partial charge in [0.1, 0.15) is 22.3 Å². The highest BCUT2D eigenvalue weighted by Crippen LogP contribution is 2.48. The van der Waals surface area contributed by atoms with Crippen LogP contribution in [0, 0.1) is 13.8 Å². The molecule has 0 radical (unpaired) electrons. The monoisotopic (exact) mass is 1100 g/mol. The molecule has 406 valence electrons. The van der Waals surface area contributed by atoms with Gasteiger partial charge < -0.3 is 18.6 Å². The first-order valence-corrected chi connectivity index (χ1v) is 29.5. The Hall–Kier alpha value is -11.2. The van der Waals surface area contributed by atoms with Gasteiger partial charge in [0.15, 0.2) is 0 Å². The van der Waals surface area contributed by atoms with Gasteiger partial charge in [-0.2, -0.15) is 0 Å². The summed E-state index contributed by atoms with van der Waals surface area (Å²) >= 11 is 0. The SMILES string of the molecule is Cc1cc(-c2ccc(N(c3ccc(-c4cccc5ccccc45)cc3)c3ccccc3-c3ccc4oc5ccccc5c4c3)c(C)c2)ccc1N(c1ccc(-c2cccc3ccccc23)cc1)c1ccccc1-c1ccc2oc3ccccc3c2c1. The summed E-state index contributed by atoms with van der Waals surface area (Å²) in [5.74, 6) is 0. The third kappa shape index (κ3) is 8.78. The lowest BCUT2D eigenvalue weighted by Gasteiger charge is -2.30. The topological polar surface area (TPSA) is 32.8 Å². The smallest absolute Gasteiger partial charge is 0.135 e. The van der Waals surface area contributed by atoms with E-state index in [0.29, 0.717) is 0 Å². The molecular formula is C82H56N2O2. The Morgan fingerprint density at radius 3 is 1.00 bits per heavy atom. The Bertz CT molecular complexity index is 4940. The molecular weight excluding hydrogens is 1040 g/mol. The molecule has 0 N–H and O–H groups in total. The molecule has 0 saturated heterocycles. The molecule has 2 heterocycles. The quantitative estimate of drug-likeness (QED) is 0.129. The van der Waals surface area contributed by atoms with Crippen LogP contribution in [0.1, 0.15) is 11.1 Å². The van der Waals surface area contributed by atoms with Gasteiger partial charge in [-0.25, -0.2) is 0 Å². The van der Waals surface area contributed by atoms with Crippen molar-refractivity contribution in [3.63, 3.8) is 0 Å². The molecule has 0 aliphatic carbocycles. The van der Waals surface area contributed by atoms with E-state index < -0.39 is 0 Å². The molecule has 14 aromatic carbocycles. The Balaban J connectivity index is 0.803. The number of rotatable bonds is 11. The van der Waals surface area contributed by atoms with Crippen molar-refractivity contribution in [1.29, 1.82) is 0 Å². The maximum atomic E-state index is 6.32. The zero-order chi connectivity index (χ0) is 57.2. The number of furan rings is 2. The average molecular weight is 1100 g/mol. The van der Waals surface area contributed by atoms with Crippen LogP contribution in [0.25, 0.3) is 121 Å². The number of hydrogen-bond acceptors (Lipinski definition) is 4. The largest absolute Gasteiger partial charge is 0.456 e. The second kappa shape index (κ2) is 20.9. The predicted molar refractivity (Wildman–Crippen MR) is 362 cm³/mol. The highest BCUT2D eigenvalue weighted by atomic mass is 16.3. The Morgan fingerprint density at radius 1 is 0.221 bits per heavy atom. The van der Waals surface area contributed by atoms with Crippen molar-refractivity contribution in [2.24, 2.45) is 0 Å². The first-order valence-electron chi connectivity index (χ1n) is 29.5. The van der Waals surface area contributed by atoms with Gasteiger partial charge in [-0.3, -0.25) is 0 Å². The number of anilines is 6. The molecule has 0 bridgehead atoms. The molecule has 2 aromatic heterocycles. The van der Waals surface area contributed by atoms with Gasteiger partial charge in [-0.15, -0.1) is 0 Å². The standard InChI is InChI=1S/C82H56N2O2/c1-53-49-59(37-45-75(53)83(63-41-33-57(34-42-63)67-27-15-19-55-17-3-5-21-65(55)67)77-29-11-7-23-69(77)61-39-47-81-73(51-61)71-25-9-13-31-79(71)85-81)60-38-46-76(54(2)50-60)84(64-43-35-58(36-44-64)68-28-16-20-56-18-4-6-22-66(56)68)78-30-12-8-24-70(78)62-40-48-82-74(52-62)72-26-10-14-32-80(72)86-82/h3-52H,1-2H3. The van der Waals surface area contributed by atoms with Gasteiger partial charge in [0.05, 0.1) is 11.4 Å². The summed E-state index contributed by atoms with van der Waals surface area (Å²) in [6.45, 7) is 4.49. The van der Waals surface area contributed by atoms with Crippen molar-refractivity contribution in [3.05, 3.63) is 314 Å². The summed E-state index contributed by atoms with van der Waals surface area (Å²) in [5, 5.41) is 9.36. The fourth-order valence-corrected chi connectivity index (χ4v) is 13.1. The fraction of sp³-hybridized carbons (Fsp3) is 0.0244. The van der Waals surface area contributed by atoms with Gasteiger partial charge in [0.25, 0.3) is 0 Å². The second-order valence-electron chi connectivity index (χ2n) is 22.5. The van der Waals surface area contributed by atoms with Crippen molar-refractivity contribution in [1.82, 2.24) is 0 Å². The van der Waals surface area contributed by atoms with Crippen LogP contribution in [-0.4, -0.2) is 0 Å². The molecule has 0 spiro atoms. The number of nitrogens with zero attached hydrogens (tertiary/aromatic N) is 2. The molecule has 4 heteroatoms. The molecule has 86 heavy (non-hydrogen) atoms. The van der Waals surface area contributed by atoms with Crippen LogP contribution in [0.15, 0.2) is 312 Å². The average Bonchev–Trinajstić information content (AvgIpc) is 1.97. The lowest BCUT2D eigenvalue weighted by molar-refractivity contribution is 0.668. The molecule has 16 rings (SSSR count). The molecule has 16 aromatic rings. The third-order valence-corrected chi connectivity index (χ3v) is 17.3. The van der Waals surface area contributed by atoms with Crippen LogP contribution in [0.5, 0.6) is 0 Å². The van der Waals surface area contributed by atoms with Gasteiger partial charge >= 0.3 is 0 Å². The number of benzene rings is 14. The normalized spacial score (nSPS) is 11.6. The molecule has 0 fully saturated rings. The number of para-hydroxylation sites is 4. The lowest BCUT2D eigenvalue weighted by Crippen LogP contribution is -2.13. The summed E-state index contributed by atoms with van der Waals surface area (Å²) < 4.78 is 12.6. The Morgan fingerprint density at radius 2 is 0.558 bits per heavy atom.